The molecule has 0 unspecified atom stereocenters. The summed E-state index contributed by atoms with van der Waals surface area (Å²) in [5.74, 6) is 0.0382. The van der Waals surface area contributed by atoms with Gasteiger partial charge in [-0.05, 0) is 17.4 Å². The van der Waals surface area contributed by atoms with Crippen LogP contribution in [0.2, 0.25) is 0 Å². The van der Waals surface area contributed by atoms with Crippen molar-refractivity contribution in [2.45, 2.75) is 13.8 Å². The molecule has 0 aliphatic rings. The van der Waals surface area contributed by atoms with Crippen LogP contribution in [0.25, 0.3) is 5.57 Å². The fraction of sp³-hybridized carbons (Fsp3) is 0.364. The van der Waals surface area contributed by atoms with E-state index >= 15 is 0 Å². The first-order valence-electron chi connectivity index (χ1n) is 4.51. The lowest BCUT2D eigenvalue weighted by molar-refractivity contribution is -0.137. The fourth-order valence-corrected chi connectivity index (χ4v) is 1.57. The van der Waals surface area contributed by atoms with Crippen molar-refractivity contribution in [3.05, 3.63) is 29.0 Å². The van der Waals surface area contributed by atoms with Gasteiger partial charge < -0.3 is 4.74 Å². The Balaban J connectivity index is 2.50. The van der Waals surface area contributed by atoms with Crippen LogP contribution in [-0.4, -0.2) is 12.6 Å². The van der Waals surface area contributed by atoms with E-state index in [9.17, 15) is 4.79 Å². The van der Waals surface area contributed by atoms with Crippen LogP contribution in [0.4, 0.5) is 0 Å². The van der Waals surface area contributed by atoms with E-state index in [-0.39, 0.29) is 5.97 Å². The Morgan fingerprint density at radius 3 is 2.86 bits per heavy atom. The van der Waals surface area contributed by atoms with Gasteiger partial charge in [0.15, 0.2) is 0 Å². The molecule has 0 aromatic carbocycles. The normalized spacial score (nSPS) is 10.2. The van der Waals surface area contributed by atoms with Crippen LogP contribution in [0.15, 0.2) is 24.1 Å². The predicted octanol–water partition coefficient (Wildman–Crippen LogP) is 2.96. The molecule has 0 aliphatic heterocycles. The van der Waals surface area contributed by atoms with E-state index in [0.29, 0.717) is 18.1 Å². The maximum atomic E-state index is 11.4. The molecule has 0 fully saturated rings. The fourth-order valence-electron chi connectivity index (χ4n) is 0.880. The molecule has 14 heavy (non-hydrogen) atoms. The van der Waals surface area contributed by atoms with E-state index < -0.39 is 0 Å². The molecule has 0 radical (unpaired) electrons. The summed E-state index contributed by atoms with van der Waals surface area (Å²) in [5.41, 5.74) is 0.445. The molecular weight excluding hydrogens is 196 g/mol. The van der Waals surface area contributed by atoms with E-state index in [4.69, 9.17) is 4.74 Å². The standard InChI is InChI=1S/C11H14O2S/c1-8(2)7-13-11(12)9(3)10-5-4-6-14-10/h4-6,8H,3,7H2,1-2H3. The number of hydrogen-bond donors (Lipinski definition) is 0. The summed E-state index contributed by atoms with van der Waals surface area (Å²) in [4.78, 5) is 12.3. The predicted molar refractivity (Wildman–Crippen MR) is 59.2 cm³/mol. The van der Waals surface area contributed by atoms with Gasteiger partial charge in [0.05, 0.1) is 12.2 Å². The first-order chi connectivity index (χ1) is 6.61. The Kier molecular flexibility index (Phi) is 3.89. The highest BCUT2D eigenvalue weighted by atomic mass is 32.1. The van der Waals surface area contributed by atoms with Crippen LogP contribution in [0.3, 0.4) is 0 Å². The van der Waals surface area contributed by atoms with Crippen molar-refractivity contribution >= 4 is 22.9 Å². The third kappa shape index (κ3) is 3.00. The lowest BCUT2D eigenvalue weighted by Crippen LogP contribution is -2.10. The van der Waals surface area contributed by atoms with Gasteiger partial charge in [-0.15, -0.1) is 11.3 Å². The van der Waals surface area contributed by atoms with Crippen molar-refractivity contribution in [1.82, 2.24) is 0 Å². The van der Waals surface area contributed by atoms with Crippen LogP contribution < -0.4 is 0 Å². The van der Waals surface area contributed by atoms with Crippen molar-refractivity contribution in [2.24, 2.45) is 5.92 Å². The second kappa shape index (κ2) is 4.96. The lowest BCUT2D eigenvalue weighted by atomic mass is 10.2. The summed E-state index contributed by atoms with van der Waals surface area (Å²) < 4.78 is 5.06. The zero-order chi connectivity index (χ0) is 10.6. The minimum Gasteiger partial charge on any atom is -0.462 e. The van der Waals surface area contributed by atoms with Crippen LogP contribution in [0, 0.1) is 5.92 Å². The highest BCUT2D eigenvalue weighted by molar-refractivity contribution is 7.11. The number of hydrogen-bond acceptors (Lipinski definition) is 3. The molecule has 0 N–H and O–H groups in total. The van der Waals surface area contributed by atoms with Crippen molar-refractivity contribution in [3.63, 3.8) is 0 Å². The number of esters is 1. The average Bonchev–Trinajstić information content (AvgIpc) is 2.65. The molecule has 1 rings (SSSR count). The molecule has 1 heterocycles. The lowest BCUT2D eigenvalue weighted by Gasteiger charge is -2.07. The van der Waals surface area contributed by atoms with Gasteiger partial charge in [0, 0.05) is 4.88 Å². The molecule has 0 spiro atoms. The zero-order valence-electron chi connectivity index (χ0n) is 8.45. The topological polar surface area (TPSA) is 26.3 Å². The minimum atomic E-state index is -0.318. The van der Waals surface area contributed by atoms with E-state index in [1.165, 1.54) is 11.3 Å². The molecule has 0 aliphatic carbocycles. The number of carbonyl (C=O) groups is 1. The number of rotatable bonds is 4. The highest BCUT2D eigenvalue weighted by Gasteiger charge is 2.11. The maximum Gasteiger partial charge on any atom is 0.338 e. The second-order valence-corrected chi connectivity index (χ2v) is 4.40. The zero-order valence-corrected chi connectivity index (χ0v) is 9.26. The molecule has 0 saturated carbocycles. The Labute approximate surface area is 88.2 Å². The van der Waals surface area contributed by atoms with Crippen LogP contribution in [0.1, 0.15) is 18.7 Å². The third-order valence-electron chi connectivity index (χ3n) is 1.61. The first-order valence-corrected chi connectivity index (χ1v) is 5.39. The molecule has 3 heteroatoms. The molecule has 1 aromatic rings. The summed E-state index contributed by atoms with van der Waals surface area (Å²) in [5, 5.41) is 1.91. The Morgan fingerprint density at radius 2 is 2.36 bits per heavy atom. The van der Waals surface area contributed by atoms with E-state index in [2.05, 4.69) is 6.58 Å². The average molecular weight is 210 g/mol. The van der Waals surface area contributed by atoms with E-state index in [1.54, 1.807) is 0 Å². The van der Waals surface area contributed by atoms with Crippen LogP contribution in [0.5, 0.6) is 0 Å². The van der Waals surface area contributed by atoms with Crippen molar-refractivity contribution in [2.75, 3.05) is 6.61 Å². The van der Waals surface area contributed by atoms with Crippen molar-refractivity contribution in [1.29, 1.82) is 0 Å². The first kappa shape index (κ1) is 11.0. The molecular formula is C11H14O2S. The second-order valence-electron chi connectivity index (χ2n) is 3.45. The number of carbonyl (C=O) groups excluding carboxylic acids is 1. The quantitative estimate of drug-likeness (QED) is 0.564. The summed E-state index contributed by atoms with van der Waals surface area (Å²) in [6.07, 6.45) is 0. The smallest absolute Gasteiger partial charge is 0.338 e. The largest absolute Gasteiger partial charge is 0.462 e. The molecule has 0 saturated heterocycles. The summed E-state index contributed by atoms with van der Waals surface area (Å²) in [7, 11) is 0. The van der Waals surface area contributed by atoms with Gasteiger partial charge in [0.25, 0.3) is 0 Å². The van der Waals surface area contributed by atoms with Gasteiger partial charge in [-0.1, -0.05) is 26.5 Å². The molecule has 2 nitrogen and oxygen atoms in total. The Hall–Kier alpha value is -1.09. The maximum absolute atomic E-state index is 11.4. The van der Waals surface area contributed by atoms with Gasteiger partial charge in [-0.25, -0.2) is 4.79 Å². The summed E-state index contributed by atoms with van der Waals surface area (Å²) in [6, 6.07) is 3.75. The summed E-state index contributed by atoms with van der Waals surface area (Å²) in [6.45, 7) is 8.16. The van der Waals surface area contributed by atoms with Gasteiger partial charge >= 0.3 is 5.97 Å². The highest BCUT2D eigenvalue weighted by Crippen LogP contribution is 2.19. The van der Waals surface area contributed by atoms with Gasteiger partial charge in [0.2, 0.25) is 0 Å². The Morgan fingerprint density at radius 1 is 1.64 bits per heavy atom. The van der Waals surface area contributed by atoms with E-state index in [1.807, 2.05) is 31.4 Å². The third-order valence-corrected chi connectivity index (χ3v) is 2.54. The van der Waals surface area contributed by atoms with Crippen molar-refractivity contribution < 1.29 is 9.53 Å². The molecule has 0 amide bonds. The molecule has 76 valence electrons. The summed E-state index contributed by atoms with van der Waals surface area (Å²) >= 11 is 1.49. The number of thiophene rings is 1. The van der Waals surface area contributed by atoms with Gasteiger partial charge in [-0.2, -0.15) is 0 Å². The van der Waals surface area contributed by atoms with Crippen LogP contribution in [-0.2, 0) is 9.53 Å². The van der Waals surface area contributed by atoms with Gasteiger partial charge in [-0.3, -0.25) is 0 Å². The minimum absolute atomic E-state index is 0.318. The Bertz CT molecular complexity index is 312. The number of ether oxygens (including phenoxy) is 1. The molecule has 0 bridgehead atoms. The van der Waals surface area contributed by atoms with Gasteiger partial charge in [0.1, 0.15) is 0 Å². The monoisotopic (exact) mass is 210 g/mol. The van der Waals surface area contributed by atoms with E-state index in [0.717, 1.165) is 4.88 Å². The van der Waals surface area contributed by atoms with Crippen molar-refractivity contribution in [3.8, 4) is 0 Å². The molecule has 1 aromatic heterocycles. The molecule has 0 atom stereocenters. The SMILES string of the molecule is C=C(C(=O)OCC(C)C)c1cccs1. The van der Waals surface area contributed by atoms with Crippen LogP contribution >= 0.6 is 11.3 Å².